The van der Waals surface area contributed by atoms with Crippen LogP contribution in [0.3, 0.4) is 0 Å². The molecule has 148 valence electrons. The van der Waals surface area contributed by atoms with Crippen molar-refractivity contribution in [1.29, 1.82) is 0 Å². The number of nitrogens with one attached hydrogen (secondary N) is 1. The second-order valence-electron chi connectivity index (χ2n) is 7.38. The molecule has 3 heterocycles. The van der Waals surface area contributed by atoms with Gasteiger partial charge >= 0.3 is 0 Å². The van der Waals surface area contributed by atoms with Gasteiger partial charge in [0.1, 0.15) is 16.4 Å². The Balaban J connectivity index is 1.38. The van der Waals surface area contributed by atoms with E-state index in [9.17, 15) is 4.79 Å². The van der Waals surface area contributed by atoms with Gasteiger partial charge in [0.15, 0.2) is 0 Å². The first-order chi connectivity index (χ1) is 13.5. The monoisotopic (exact) mass is 398 g/mol. The molecule has 3 aromatic rings. The summed E-state index contributed by atoms with van der Waals surface area (Å²) in [5, 5.41) is 0.745. The molecule has 1 N–H and O–H groups in total. The van der Waals surface area contributed by atoms with Gasteiger partial charge in [0.05, 0.1) is 19.0 Å². The van der Waals surface area contributed by atoms with E-state index in [-0.39, 0.29) is 5.56 Å². The van der Waals surface area contributed by atoms with Gasteiger partial charge in [-0.25, -0.2) is 4.98 Å². The molecule has 0 unspecified atom stereocenters. The normalized spacial score (nSPS) is 16.0. The van der Waals surface area contributed by atoms with E-state index in [2.05, 4.69) is 26.9 Å². The summed E-state index contributed by atoms with van der Waals surface area (Å²) in [6.45, 7) is 9.59. The number of fused-ring (bicyclic) bond motifs is 1. The van der Waals surface area contributed by atoms with Crippen molar-refractivity contribution in [2.75, 3.05) is 33.3 Å². The summed E-state index contributed by atoms with van der Waals surface area (Å²) in [5.74, 6) is 1.67. The molecule has 1 aliphatic heterocycles. The number of H-pyrrole nitrogens is 1. The number of methoxy groups -OCH3 is 1. The Morgan fingerprint density at radius 1 is 1.14 bits per heavy atom. The number of benzene rings is 1. The quantitative estimate of drug-likeness (QED) is 0.716. The lowest BCUT2D eigenvalue weighted by molar-refractivity contribution is 0.120. The lowest BCUT2D eigenvalue weighted by atomic mass is 10.2. The molecule has 0 aliphatic carbocycles. The van der Waals surface area contributed by atoms with Crippen LogP contribution in [0.4, 0.5) is 0 Å². The number of hydrogen-bond donors (Lipinski definition) is 1. The Labute approximate surface area is 168 Å². The van der Waals surface area contributed by atoms with Crippen molar-refractivity contribution in [3.63, 3.8) is 0 Å². The molecule has 0 atom stereocenters. The molecule has 4 rings (SSSR count). The van der Waals surface area contributed by atoms with Crippen LogP contribution in [0.5, 0.6) is 5.75 Å². The first-order valence-corrected chi connectivity index (χ1v) is 10.4. The minimum absolute atomic E-state index is 0.0153. The predicted molar refractivity (Wildman–Crippen MR) is 113 cm³/mol. The van der Waals surface area contributed by atoms with E-state index in [0.717, 1.165) is 65.0 Å². The standard InChI is InChI=1S/C21H26N4O2S/c1-14-15(2)28-21-19(14)20(26)22-18(23-21)13-25-9-7-24(8-10-25)12-16-5-4-6-17(11-16)27-3/h4-6,11H,7-10,12-13H2,1-3H3,(H,22,23,26). The van der Waals surface area contributed by atoms with Crippen LogP contribution in [0.25, 0.3) is 10.2 Å². The first-order valence-electron chi connectivity index (χ1n) is 9.60. The Bertz CT molecular complexity index is 1030. The summed E-state index contributed by atoms with van der Waals surface area (Å²) >= 11 is 1.61. The number of rotatable bonds is 5. The molecule has 6 nitrogen and oxygen atoms in total. The van der Waals surface area contributed by atoms with E-state index in [1.165, 1.54) is 5.56 Å². The fourth-order valence-corrected chi connectivity index (χ4v) is 4.77. The van der Waals surface area contributed by atoms with Gasteiger partial charge in [-0.3, -0.25) is 14.6 Å². The van der Waals surface area contributed by atoms with Crippen molar-refractivity contribution in [1.82, 2.24) is 19.8 Å². The Kier molecular flexibility index (Phi) is 5.48. The summed E-state index contributed by atoms with van der Waals surface area (Å²) in [6.07, 6.45) is 0. The summed E-state index contributed by atoms with van der Waals surface area (Å²) in [4.78, 5) is 27.0. The van der Waals surface area contributed by atoms with Crippen LogP contribution in [0, 0.1) is 13.8 Å². The third kappa shape index (κ3) is 3.97. The van der Waals surface area contributed by atoms with Gasteiger partial charge in [0, 0.05) is 37.6 Å². The summed E-state index contributed by atoms with van der Waals surface area (Å²) in [6, 6.07) is 8.25. The van der Waals surface area contributed by atoms with E-state index in [1.807, 2.05) is 26.0 Å². The molecule has 2 aromatic heterocycles. The number of ether oxygens (including phenoxy) is 1. The molecule has 0 bridgehead atoms. The van der Waals surface area contributed by atoms with Crippen molar-refractivity contribution >= 4 is 21.6 Å². The average molecular weight is 399 g/mol. The van der Waals surface area contributed by atoms with Crippen LogP contribution in [0.2, 0.25) is 0 Å². The molecule has 1 saturated heterocycles. The van der Waals surface area contributed by atoms with Crippen molar-refractivity contribution in [3.8, 4) is 5.75 Å². The lowest BCUT2D eigenvalue weighted by Crippen LogP contribution is -2.45. The van der Waals surface area contributed by atoms with E-state index < -0.39 is 0 Å². The third-order valence-corrected chi connectivity index (χ3v) is 6.57. The van der Waals surface area contributed by atoms with Crippen LogP contribution in [-0.4, -0.2) is 53.1 Å². The molecule has 1 fully saturated rings. The SMILES string of the molecule is COc1cccc(CN2CCN(Cc3nc4sc(C)c(C)c4c(=O)[nH]3)CC2)c1. The third-order valence-electron chi connectivity index (χ3n) is 5.47. The minimum atomic E-state index is -0.0153. The van der Waals surface area contributed by atoms with E-state index in [4.69, 9.17) is 9.72 Å². The molecule has 0 radical (unpaired) electrons. The largest absolute Gasteiger partial charge is 0.497 e. The maximum absolute atomic E-state index is 12.5. The highest BCUT2D eigenvalue weighted by Crippen LogP contribution is 2.25. The fourth-order valence-electron chi connectivity index (χ4n) is 3.72. The highest BCUT2D eigenvalue weighted by atomic mass is 32.1. The number of aromatic nitrogens is 2. The topological polar surface area (TPSA) is 61.5 Å². The zero-order valence-electron chi connectivity index (χ0n) is 16.6. The number of piperazine rings is 1. The molecule has 1 aliphatic rings. The number of nitrogens with zero attached hydrogens (tertiary/aromatic N) is 3. The fraction of sp³-hybridized carbons (Fsp3) is 0.429. The molecule has 1 aromatic carbocycles. The van der Waals surface area contributed by atoms with E-state index in [0.29, 0.717) is 6.54 Å². The van der Waals surface area contributed by atoms with Gasteiger partial charge in [-0.05, 0) is 37.1 Å². The van der Waals surface area contributed by atoms with Gasteiger partial charge in [0.2, 0.25) is 0 Å². The summed E-state index contributed by atoms with van der Waals surface area (Å²) in [5.41, 5.74) is 2.30. The van der Waals surface area contributed by atoms with Crippen LogP contribution in [-0.2, 0) is 13.1 Å². The zero-order valence-corrected chi connectivity index (χ0v) is 17.4. The van der Waals surface area contributed by atoms with Crippen molar-refractivity contribution < 1.29 is 4.74 Å². The van der Waals surface area contributed by atoms with Crippen LogP contribution >= 0.6 is 11.3 Å². The van der Waals surface area contributed by atoms with Crippen LogP contribution in [0.1, 0.15) is 21.8 Å². The molecule has 28 heavy (non-hydrogen) atoms. The van der Waals surface area contributed by atoms with Gasteiger partial charge in [0.25, 0.3) is 5.56 Å². The smallest absolute Gasteiger partial charge is 0.259 e. The van der Waals surface area contributed by atoms with Crippen molar-refractivity contribution in [2.45, 2.75) is 26.9 Å². The van der Waals surface area contributed by atoms with E-state index in [1.54, 1.807) is 18.4 Å². The zero-order chi connectivity index (χ0) is 19.7. The second kappa shape index (κ2) is 8.03. The molecule has 0 spiro atoms. The van der Waals surface area contributed by atoms with Gasteiger partial charge in [-0.2, -0.15) is 0 Å². The van der Waals surface area contributed by atoms with Crippen LogP contribution < -0.4 is 10.3 Å². The van der Waals surface area contributed by atoms with Crippen molar-refractivity contribution in [2.24, 2.45) is 0 Å². The molecule has 7 heteroatoms. The number of aromatic amines is 1. The number of aryl methyl sites for hydroxylation is 2. The Hall–Kier alpha value is -2.22. The Morgan fingerprint density at radius 3 is 2.57 bits per heavy atom. The van der Waals surface area contributed by atoms with Gasteiger partial charge in [-0.15, -0.1) is 11.3 Å². The molecule has 0 saturated carbocycles. The summed E-state index contributed by atoms with van der Waals surface area (Å²) < 4.78 is 5.31. The van der Waals surface area contributed by atoms with Crippen LogP contribution in [0.15, 0.2) is 29.1 Å². The number of hydrogen-bond acceptors (Lipinski definition) is 6. The second-order valence-corrected chi connectivity index (χ2v) is 8.58. The average Bonchev–Trinajstić information content (AvgIpc) is 2.97. The Morgan fingerprint density at radius 2 is 1.86 bits per heavy atom. The first kappa shape index (κ1) is 19.1. The van der Waals surface area contributed by atoms with E-state index >= 15 is 0 Å². The molecular weight excluding hydrogens is 372 g/mol. The highest BCUT2D eigenvalue weighted by Gasteiger charge is 2.19. The lowest BCUT2D eigenvalue weighted by Gasteiger charge is -2.34. The maximum Gasteiger partial charge on any atom is 0.259 e. The van der Waals surface area contributed by atoms with Gasteiger partial charge in [-0.1, -0.05) is 12.1 Å². The molecule has 0 amide bonds. The minimum Gasteiger partial charge on any atom is -0.497 e. The number of thiophene rings is 1. The van der Waals surface area contributed by atoms with Gasteiger partial charge < -0.3 is 9.72 Å². The highest BCUT2D eigenvalue weighted by molar-refractivity contribution is 7.18. The maximum atomic E-state index is 12.5. The van der Waals surface area contributed by atoms with Crippen molar-refractivity contribution in [3.05, 3.63) is 56.4 Å². The molecular formula is C21H26N4O2S. The summed E-state index contributed by atoms with van der Waals surface area (Å²) in [7, 11) is 1.70. The predicted octanol–water partition coefficient (Wildman–Crippen LogP) is 2.93.